The number of nitrogens with one attached hydrogen (secondary N) is 2. The molecule has 0 bridgehead atoms. The molecule has 154 valence electrons. The molecule has 4 rings (SSSR count). The van der Waals surface area contributed by atoms with E-state index in [9.17, 15) is 4.39 Å². The summed E-state index contributed by atoms with van der Waals surface area (Å²) in [7, 11) is 1.77. The van der Waals surface area contributed by atoms with Crippen LogP contribution in [0.2, 0.25) is 0 Å². The first kappa shape index (κ1) is 21.5. The summed E-state index contributed by atoms with van der Waals surface area (Å²) in [4.78, 5) is 8.94. The summed E-state index contributed by atoms with van der Waals surface area (Å²) in [6.45, 7) is 4.34. The van der Waals surface area contributed by atoms with E-state index in [1.54, 1.807) is 19.2 Å². The van der Waals surface area contributed by atoms with E-state index >= 15 is 0 Å². The number of nitrogens with zero attached hydrogens (tertiary/aromatic N) is 3. The fraction of sp³-hybridized carbons (Fsp3) is 0.364. The van der Waals surface area contributed by atoms with Crippen LogP contribution in [0.5, 0.6) is 0 Å². The second-order valence-electron chi connectivity index (χ2n) is 7.44. The zero-order valence-corrected chi connectivity index (χ0v) is 19.1. The molecule has 0 radical (unpaired) electrons. The number of aryl methyl sites for hydroxylation is 1. The van der Waals surface area contributed by atoms with Gasteiger partial charge in [0.05, 0.1) is 11.0 Å². The molecule has 0 saturated heterocycles. The quantitative estimate of drug-likeness (QED) is 0.302. The number of fused-ring (bicyclic) bond motifs is 1. The molecule has 0 spiro atoms. The highest BCUT2D eigenvalue weighted by molar-refractivity contribution is 14.0. The Kier molecular flexibility index (Phi) is 6.77. The van der Waals surface area contributed by atoms with Gasteiger partial charge in [-0.3, -0.25) is 4.99 Å². The van der Waals surface area contributed by atoms with Crippen LogP contribution >= 0.6 is 24.0 Å². The zero-order chi connectivity index (χ0) is 19.6. The molecule has 3 aromatic rings. The second-order valence-corrected chi connectivity index (χ2v) is 7.44. The largest absolute Gasteiger partial charge is 0.356 e. The monoisotopic (exact) mass is 507 g/mol. The van der Waals surface area contributed by atoms with Gasteiger partial charge in [-0.1, -0.05) is 24.3 Å². The van der Waals surface area contributed by atoms with Crippen molar-refractivity contribution in [3.8, 4) is 0 Å². The summed E-state index contributed by atoms with van der Waals surface area (Å²) in [5.41, 5.74) is 3.26. The highest BCUT2D eigenvalue weighted by atomic mass is 127. The smallest absolute Gasteiger partial charge is 0.191 e. The van der Waals surface area contributed by atoms with Crippen molar-refractivity contribution < 1.29 is 4.39 Å². The third kappa shape index (κ3) is 4.71. The number of para-hydroxylation sites is 2. The van der Waals surface area contributed by atoms with E-state index in [2.05, 4.69) is 31.2 Å². The fourth-order valence-electron chi connectivity index (χ4n) is 3.77. The molecule has 1 saturated carbocycles. The topological polar surface area (TPSA) is 54.2 Å². The molecule has 5 nitrogen and oxygen atoms in total. The molecule has 0 amide bonds. The van der Waals surface area contributed by atoms with Crippen LogP contribution in [0, 0.1) is 12.7 Å². The predicted octanol–water partition coefficient (Wildman–Crippen LogP) is 4.00. The van der Waals surface area contributed by atoms with Crippen molar-refractivity contribution >= 4 is 41.0 Å². The van der Waals surface area contributed by atoms with Gasteiger partial charge in [-0.2, -0.15) is 0 Å². The maximum Gasteiger partial charge on any atom is 0.191 e. The Labute approximate surface area is 187 Å². The van der Waals surface area contributed by atoms with Crippen LogP contribution in [0.15, 0.2) is 53.5 Å². The second kappa shape index (κ2) is 9.11. The lowest BCUT2D eigenvalue weighted by atomic mass is 9.96. The van der Waals surface area contributed by atoms with E-state index < -0.39 is 0 Å². The van der Waals surface area contributed by atoms with Gasteiger partial charge in [-0.25, -0.2) is 9.37 Å². The third-order valence-electron chi connectivity index (χ3n) is 5.58. The molecule has 1 aliphatic rings. The standard InChI is InChI=1S/C22H26FN5.HI/c1-16-27-19-8-3-4-9-20(19)28(16)13-12-25-21(24-2)26-15-22(10-11-22)17-6-5-7-18(23)14-17;/h3-9,14H,10-13,15H2,1-2H3,(H2,24,25,26);1H. The van der Waals surface area contributed by atoms with Gasteiger partial charge in [0.1, 0.15) is 11.6 Å². The molecule has 0 atom stereocenters. The van der Waals surface area contributed by atoms with Gasteiger partial charge < -0.3 is 15.2 Å². The van der Waals surface area contributed by atoms with Crippen molar-refractivity contribution in [2.75, 3.05) is 20.1 Å². The van der Waals surface area contributed by atoms with E-state index in [1.807, 2.05) is 31.2 Å². The molecule has 2 aromatic carbocycles. The first-order valence-electron chi connectivity index (χ1n) is 9.74. The van der Waals surface area contributed by atoms with Gasteiger partial charge in [0, 0.05) is 32.1 Å². The number of imidazole rings is 1. The van der Waals surface area contributed by atoms with Crippen LogP contribution in [0.3, 0.4) is 0 Å². The molecular formula is C22H27FIN5. The summed E-state index contributed by atoms with van der Waals surface area (Å²) in [5.74, 6) is 1.60. The van der Waals surface area contributed by atoms with Crippen molar-refractivity contribution in [2.45, 2.75) is 31.7 Å². The summed E-state index contributed by atoms with van der Waals surface area (Å²) < 4.78 is 15.8. The number of benzene rings is 2. The van der Waals surface area contributed by atoms with Gasteiger partial charge in [0.15, 0.2) is 5.96 Å². The van der Waals surface area contributed by atoms with E-state index in [4.69, 9.17) is 0 Å². The van der Waals surface area contributed by atoms with Crippen molar-refractivity contribution in [2.24, 2.45) is 4.99 Å². The lowest BCUT2D eigenvalue weighted by Crippen LogP contribution is -2.42. The predicted molar refractivity (Wildman–Crippen MR) is 127 cm³/mol. The molecule has 29 heavy (non-hydrogen) atoms. The maximum absolute atomic E-state index is 13.6. The number of halogens is 2. The Morgan fingerprint density at radius 2 is 1.97 bits per heavy atom. The molecule has 1 fully saturated rings. The van der Waals surface area contributed by atoms with Crippen LogP contribution in [0.25, 0.3) is 11.0 Å². The normalized spacial score (nSPS) is 15.1. The molecule has 1 aromatic heterocycles. The van der Waals surface area contributed by atoms with Crippen molar-refractivity contribution in [3.05, 3.63) is 65.7 Å². The van der Waals surface area contributed by atoms with Crippen molar-refractivity contribution in [1.29, 1.82) is 0 Å². The highest BCUT2D eigenvalue weighted by Gasteiger charge is 2.44. The Bertz CT molecular complexity index is 1010. The van der Waals surface area contributed by atoms with Crippen LogP contribution in [0.1, 0.15) is 24.2 Å². The molecule has 0 aliphatic heterocycles. The molecule has 1 aliphatic carbocycles. The van der Waals surface area contributed by atoms with Crippen LogP contribution in [0.4, 0.5) is 4.39 Å². The van der Waals surface area contributed by atoms with Crippen molar-refractivity contribution in [1.82, 2.24) is 20.2 Å². The Morgan fingerprint density at radius 1 is 1.17 bits per heavy atom. The lowest BCUT2D eigenvalue weighted by Gasteiger charge is -2.19. The number of hydrogen-bond acceptors (Lipinski definition) is 2. The number of hydrogen-bond donors (Lipinski definition) is 2. The summed E-state index contributed by atoms with van der Waals surface area (Å²) in [6, 6.07) is 15.1. The van der Waals surface area contributed by atoms with E-state index in [1.165, 1.54) is 6.07 Å². The van der Waals surface area contributed by atoms with Crippen LogP contribution < -0.4 is 10.6 Å². The number of aromatic nitrogens is 2. The van der Waals surface area contributed by atoms with Gasteiger partial charge in [0.25, 0.3) is 0 Å². The molecule has 0 unspecified atom stereocenters. The molecule has 7 heteroatoms. The Morgan fingerprint density at radius 3 is 2.69 bits per heavy atom. The molecular weight excluding hydrogens is 480 g/mol. The minimum absolute atomic E-state index is 0. The molecule has 1 heterocycles. The number of guanidine groups is 1. The first-order chi connectivity index (χ1) is 13.6. The lowest BCUT2D eigenvalue weighted by molar-refractivity contribution is 0.604. The summed E-state index contributed by atoms with van der Waals surface area (Å²) in [5, 5.41) is 6.79. The Balaban J connectivity index is 0.00000240. The van der Waals surface area contributed by atoms with Gasteiger partial charge in [0.2, 0.25) is 0 Å². The Hall–Kier alpha value is -2.16. The maximum atomic E-state index is 13.6. The fourth-order valence-corrected chi connectivity index (χ4v) is 3.77. The summed E-state index contributed by atoms with van der Waals surface area (Å²) >= 11 is 0. The first-order valence-corrected chi connectivity index (χ1v) is 9.74. The van der Waals surface area contributed by atoms with Gasteiger partial charge in [-0.15, -0.1) is 24.0 Å². The molecule has 2 N–H and O–H groups in total. The van der Waals surface area contributed by atoms with Crippen LogP contribution in [-0.4, -0.2) is 35.6 Å². The minimum atomic E-state index is -0.172. The van der Waals surface area contributed by atoms with E-state index in [0.29, 0.717) is 0 Å². The van der Waals surface area contributed by atoms with Crippen molar-refractivity contribution in [3.63, 3.8) is 0 Å². The zero-order valence-electron chi connectivity index (χ0n) is 16.8. The van der Waals surface area contributed by atoms with E-state index in [-0.39, 0.29) is 35.2 Å². The van der Waals surface area contributed by atoms with Gasteiger partial charge in [-0.05, 0) is 49.6 Å². The average molecular weight is 507 g/mol. The number of aliphatic imine (C=N–C) groups is 1. The SMILES string of the molecule is CN=C(NCCn1c(C)nc2ccccc21)NCC1(c2cccc(F)c2)CC1.I. The van der Waals surface area contributed by atoms with Gasteiger partial charge >= 0.3 is 0 Å². The van der Waals surface area contributed by atoms with Crippen LogP contribution in [-0.2, 0) is 12.0 Å². The third-order valence-corrected chi connectivity index (χ3v) is 5.58. The van der Waals surface area contributed by atoms with E-state index in [0.717, 1.165) is 60.9 Å². The highest BCUT2D eigenvalue weighted by Crippen LogP contribution is 2.47. The average Bonchev–Trinajstić information content (AvgIpc) is 3.43. The minimum Gasteiger partial charge on any atom is -0.356 e. The summed E-state index contributed by atoms with van der Waals surface area (Å²) in [6.07, 6.45) is 2.14. The number of rotatable bonds is 6.